The van der Waals surface area contributed by atoms with Crippen LogP contribution in [0.1, 0.15) is 27.7 Å². The normalized spacial score (nSPS) is 14.6. The highest BCUT2D eigenvalue weighted by molar-refractivity contribution is 5.98. The van der Waals surface area contributed by atoms with Crippen molar-refractivity contribution in [2.24, 2.45) is 4.99 Å². The number of hydrogen-bond donors (Lipinski definition) is 0. The van der Waals surface area contributed by atoms with Gasteiger partial charge in [-0.25, -0.2) is 0 Å². The van der Waals surface area contributed by atoms with Gasteiger partial charge < -0.3 is 0 Å². The van der Waals surface area contributed by atoms with Gasteiger partial charge in [-0.2, -0.15) is 0 Å². The number of allylic oxidation sites excluding steroid dienone is 6. The van der Waals surface area contributed by atoms with Gasteiger partial charge in [0, 0.05) is 12.8 Å². The molecule has 0 aliphatic carbocycles. The van der Waals surface area contributed by atoms with Crippen LogP contribution < -0.4 is 10.4 Å². The lowest BCUT2D eigenvalue weighted by atomic mass is 9.97. The molecule has 0 bridgehead atoms. The van der Waals surface area contributed by atoms with Crippen molar-refractivity contribution in [2.45, 2.75) is 27.7 Å². The molecule has 0 aliphatic rings. The Morgan fingerprint density at radius 3 is 2.09 bits per heavy atom. The number of aliphatic imine (C=N–C) groups is 1. The van der Waals surface area contributed by atoms with Crippen LogP contribution >= 0.6 is 0 Å². The first-order chi connectivity index (χ1) is 10.8. The van der Waals surface area contributed by atoms with Gasteiger partial charge in [-0.1, -0.05) is 61.7 Å². The number of nitrogens with zero attached hydrogens (tertiary/aromatic N) is 1. The highest BCUT2D eigenvalue weighted by Crippen LogP contribution is 2.18. The molecule has 1 rings (SSSR count). The van der Waals surface area contributed by atoms with Crippen LogP contribution in [0.4, 0.5) is 0 Å². The molecule has 1 heteroatoms. The predicted octanol–water partition coefficient (Wildman–Crippen LogP) is 4.36. The van der Waals surface area contributed by atoms with Crippen LogP contribution in [-0.2, 0) is 0 Å². The summed E-state index contributed by atoms with van der Waals surface area (Å²) in [5, 5.41) is 2.08. The van der Waals surface area contributed by atoms with Crippen molar-refractivity contribution in [3.8, 4) is 0 Å². The number of hydrogen-bond acceptors (Lipinski definition) is 1. The molecule has 1 nitrogen and oxygen atoms in total. The third-order valence-electron chi connectivity index (χ3n) is 3.98. The maximum Gasteiger partial charge on any atom is 0.0343 e. The Bertz CT molecular complexity index is 814. The second-order valence-corrected chi connectivity index (χ2v) is 5.84. The van der Waals surface area contributed by atoms with E-state index in [-0.39, 0.29) is 0 Å². The van der Waals surface area contributed by atoms with Crippen LogP contribution in [0.25, 0.3) is 12.2 Å². The molecule has 0 atom stereocenters. The summed E-state index contributed by atoms with van der Waals surface area (Å²) in [5.41, 5.74) is 6.31. The summed E-state index contributed by atoms with van der Waals surface area (Å²) in [7, 11) is 1.80. The first-order valence-electron chi connectivity index (χ1n) is 7.71. The monoisotopic (exact) mass is 305 g/mol. The minimum absolute atomic E-state index is 0.946. The fraction of sp³-hybridized carbons (Fsp3) is 0.227. The van der Waals surface area contributed by atoms with Crippen molar-refractivity contribution in [1.82, 2.24) is 0 Å². The first-order valence-corrected chi connectivity index (χ1v) is 7.71. The van der Waals surface area contributed by atoms with E-state index in [1.165, 1.54) is 0 Å². The minimum atomic E-state index is 0.946. The Morgan fingerprint density at radius 2 is 1.57 bits per heavy atom. The molecule has 0 radical (unpaired) electrons. The third-order valence-corrected chi connectivity index (χ3v) is 3.98. The number of benzene rings is 1. The van der Waals surface area contributed by atoms with Crippen LogP contribution in [0.5, 0.6) is 0 Å². The van der Waals surface area contributed by atoms with E-state index in [1.807, 2.05) is 32.0 Å². The van der Waals surface area contributed by atoms with E-state index in [2.05, 4.69) is 56.8 Å². The van der Waals surface area contributed by atoms with Gasteiger partial charge in [0.25, 0.3) is 0 Å². The fourth-order valence-corrected chi connectivity index (χ4v) is 2.09. The molecule has 1 aromatic rings. The summed E-state index contributed by atoms with van der Waals surface area (Å²) in [6, 6.07) is 8.12. The maximum atomic E-state index is 4.27. The van der Waals surface area contributed by atoms with Crippen molar-refractivity contribution in [3.63, 3.8) is 0 Å². The largest absolute Gasteiger partial charge is 0.293 e. The Morgan fingerprint density at radius 1 is 0.957 bits per heavy atom. The van der Waals surface area contributed by atoms with E-state index in [0.29, 0.717) is 0 Å². The third kappa shape index (κ3) is 5.07. The van der Waals surface area contributed by atoms with Crippen LogP contribution in [-0.4, -0.2) is 12.8 Å². The van der Waals surface area contributed by atoms with Crippen molar-refractivity contribution in [3.05, 3.63) is 82.3 Å². The van der Waals surface area contributed by atoms with E-state index in [4.69, 9.17) is 0 Å². The standard InChI is InChI=1S/C22H27N/c1-15(2)17(4)14-22(21-12-10-9-11-16(21)3)19(6)13-18(5)20(7)23-8/h9-14H,1,3,6H2,2,4-5,7-8H3/b17-14+,18-13-,22-21+,23-20?. The first kappa shape index (κ1) is 18.6. The average Bonchev–Trinajstić information content (AvgIpc) is 2.51. The molecule has 120 valence electrons. The van der Waals surface area contributed by atoms with Gasteiger partial charge in [-0.15, -0.1) is 0 Å². The van der Waals surface area contributed by atoms with E-state index < -0.39 is 0 Å². The molecule has 0 N–H and O–H groups in total. The number of rotatable bonds is 5. The second kappa shape index (κ2) is 8.28. The Hall–Kier alpha value is -2.41. The van der Waals surface area contributed by atoms with E-state index in [9.17, 15) is 0 Å². The van der Waals surface area contributed by atoms with Crippen molar-refractivity contribution >= 4 is 17.9 Å². The topological polar surface area (TPSA) is 12.4 Å². The second-order valence-electron chi connectivity index (χ2n) is 5.84. The Balaban J connectivity index is 3.64. The van der Waals surface area contributed by atoms with Crippen LogP contribution in [0.2, 0.25) is 0 Å². The van der Waals surface area contributed by atoms with Crippen molar-refractivity contribution in [2.75, 3.05) is 7.05 Å². The van der Waals surface area contributed by atoms with Gasteiger partial charge in [-0.3, -0.25) is 4.99 Å². The molecule has 0 amide bonds. The van der Waals surface area contributed by atoms with E-state index in [0.717, 1.165) is 44.0 Å². The zero-order chi connectivity index (χ0) is 17.6. The molecule has 0 aromatic heterocycles. The lowest BCUT2D eigenvalue weighted by Crippen LogP contribution is -2.25. The summed E-state index contributed by atoms with van der Waals surface area (Å²) >= 11 is 0. The van der Waals surface area contributed by atoms with E-state index >= 15 is 0 Å². The zero-order valence-corrected chi connectivity index (χ0v) is 15.0. The molecular weight excluding hydrogens is 278 g/mol. The quantitative estimate of drug-likeness (QED) is 0.566. The molecule has 0 saturated carbocycles. The van der Waals surface area contributed by atoms with Gasteiger partial charge >= 0.3 is 0 Å². The minimum Gasteiger partial charge on any atom is -0.293 e. The zero-order valence-electron chi connectivity index (χ0n) is 15.0. The van der Waals surface area contributed by atoms with E-state index in [1.54, 1.807) is 7.05 Å². The summed E-state index contributed by atoms with van der Waals surface area (Å²) in [5.74, 6) is 0. The highest BCUT2D eigenvalue weighted by atomic mass is 14.7. The van der Waals surface area contributed by atoms with Gasteiger partial charge in [0.15, 0.2) is 0 Å². The van der Waals surface area contributed by atoms with Crippen LogP contribution in [0.15, 0.2) is 76.9 Å². The molecule has 0 unspecified atom stereocenters. The predicted molar refractivity (Wildman–Crippen MR) is 105 cm³/mol. The molecule has 23 heavy (non-hydrogen) atoms. The Kier molecular flexibility index (Phi) is 6.71. The smallest absolute Gasteiger partial charge is 0.0343 e. The maximum absolute atomic E-state index is 4.27. The van der Waals surface area contributed by atoms with Crippen molar-refractivity contribution in [1.29, 1.82) is 0 Å². The van der Waals surface area contributed by atoms with Crippen molar-refractivity contribution < 1.29 is 0 Å². The van der Waals surface area contributed by atoms with Crippen LogP contribution in [0.3, 0.4) is 0 Å². The molecule has 0 fully saturated rings. The summed E-state index contributed by atoms with van der Waals surface area (Å²) in [4.78, 5) is 4.24. The summed E-state index contributed by atoms with van der Waals surface area (Å²) in [6.07, 6.45) is 4.21. The van der Waals surface area contributed by atoms with Gasteiger partial charge in [0.05, 0.1) is 0 Å². The molecule has 1 aromatic carbocycles. The molecule has 0 spiro atoms. The van der Waals surface area contributed by atoms with Crippen LogP contribution in [0, 0.1) is 0 Å². The van der Waals surface area contributed by atoms with Gasteiger partial charge in [-0.05, 0) is 60.4 Å². The van der Waals surface area contributed by atoms with Gasteiger partial charge in [0.1, 0.15) is 0 Å². The molecule has 0 aliphatic heterocycles. The molecular formula is C22H27N. The fourth-order valence-electron chi connectivity index (χ4n) is 2.09. The molecule has 0 heterocycles. The lowest BCUT2D eigenvalue weighted by Gasteiger charge is -2.08. The lowest BCUT2D eigenvalue weighted by molar-refractivity contribution is 1.35. The average molecular weight is 305 g/mol. The SMILES string of the molecule is C=C(C)/C(C)=C/C(C(=C)/C=C(/C)C(C)=NC)=c1/ccccc1=C. The highest BCUT2D eigenvalue weighted by Gasteiger charge is 2.03. The van der Waals surface area contributed by atoms with Gasteiger partial charge in [0.2, 0.25) is 0 Å². The Labute approximate surface area is 140 Å². The molecule has 0 saturated heterocycles. The summed E-state index contributed by atoms with van der Waals surface area (Å²) < 4.78 is 0. The summed E-state index contributed by atoms with van der Waals surface area (Å²) in [6.45, 7) is 20.6.